The van der Waals surface area contributed by atoms with Gasteiger partial charge in [0, 0.05) is 16.9 Å². The van der Waals surface area contributed by atoms with Crippen LogP contribution in [0.5, 0.6) is 0 Å². The summed E-state index contributed by atoms with van der Waals surface area (Å²) in [5.41, 5.74) is 2.06. The van der Waals surface area contributed by atoms with E-state index in [1.807, 2.05) is 43.3 Å². The molecule has 0 radical (unpaired) electrons. The van der Waals surface area contributed by atoms with Crippen LogP contribution in [0.15, 0.2) is 42.6 Å². The van der Waals surface area contributed by atoms with E-state index in [4.69, 9.17) is 11.6 Å². The first-order valence-electron chi connectivity index (χ1n) is 4.70. The third kappa shape index (κ3) is 2.48. The van der Waals surface area contributed by atoms with Gasteiger partial charge in [-0.3, -0.25) is 0 Å². The predicted molar refractivity (Wildman–Crippen MR) is 63.7 cm³/mol. The lowest BCUT2D eigenvalue weighted by atomic mass is 10.2. The van der Waals surface area contributed by atoms with Crippen LogP contribution in [0.1, 0.15) is 5.56 Å². The highest BCUT2D eigenvalue weighted by Crippen LogP contribution is 2.20. The number of aryl methyl sites for hydroxylation is 1. The number of halogens is 1. The SMILES string of the molecule is Cc1cccnc1Nc1cccc(Cl)c1. The highest BCUT2D eigenvalue weighted by atomic mass is 35.5. The van der Waals surface area contributed by atoms with Crippen molar-refractivity contribution in [1.29, 1.82) is 0 Å². The number of nitrogens with one attached hydrogen (secondary N) is 1. The molecule has 3 heteroatoms. The molecule has 0 fully saturated rings. The number of pyridine rings is 1. The molecule has 0 aliphatic heterocycles. The number of rotatable bonds is 2. The Kier molecular flexibility index (Phi) is 2.88. The maximum absolute atomic E-state index is 5.89. The molecule has 1 aromatic carbocycles. The Morgan fingerprint density at radius 2 is 2.07 bits per heavy atom. The summed E-state index contributed by atoms with van der Waals surface area (Å²) in [5, 5.41) is 3.93. The minimum absolute atomic E-state index is 0.716. The zero-order valence-electron chi connectivity index (χ0n) is 8.37. The first-order chi connectivity index (χ1) is 7.25. The van der Waals surface area contributed by atoms with Crippen LogP contribution in [-0.4, -0.2) is 4.98 Å². The van der Waals surface area contributed by atoms with Gasteiger partial charge in [-0.25, -0.2) is 4.98 Å². The van der Waals surface area contributed by atoms with E-state index < -0.39 is 0 Å². The van der Waals surface area contributed by atoms with Crippen molar-refractivity contribution >= 4 is 23.1 Å². The van der Waals surface area contributed by atoms with Crippen LogP contribution >= 0.6 is 11.6 Å². The van der Waals surface area contributed by atoms with Gasteiger partial charge in [0.2, 0.25) is 0 Å². The summed E-state index contributed by atoms with van der Waals surface area (Å²) in [5.74, 6) is 0.861. The molecule has 0 saturated heterocycles. The van der Waals surface area contributed by atoms with Gasteiger partial charge >= 0.3 is 0 Å². The largest absolute Gasteiger partial charge is 0.340 e. The molecule has 2 nitrogen and oxygen atoms in total. The van der Waals surface area contributed by atoms with Crippen LogP contribution in [0, 0.1) is 6.92 Å². The number of hydrogen-bond acceptors (Lipinski definition) is 2. The number of aromatic nitrogens is 1. The number of nitrogens with zero attached hydrogens (tertiary/aromatic N) is 1. The maximum atomic E-state index is 5.89. The second-order valence-corrected chi connectivity index (χ2v) is 3.74. The lowest BCUT2D eigenvalue weighted by molar-refractivity contribution is 1.26. The Hall–Kier alpha value is -1.54. The van der Waals surface area contributed by atoms with E-state index in [1.54, 1.807) is 6.20 Å². The molecule has 0 bridgehead atoms. The summed E-state index contributed by atoms with van der Waals surface area (Å²) in [6, 6.07) is 11.5. The van der Waals surface area contributed by atoms with Crippen LogP contribution in [0.25, 0.3) is 0 Å². The summed E-state index contributed by atoms with van der Waals surface area (Å²) in [7, 11) is 0. The normalized spacial score (nSPS) is 10.0. The Morgan fingerprint density at radius 1 is 1.20 bits per heavy atom. The van der Waals surface area contributed by atoms with Crippen LogP contribution < -0.4 is 5.32 Å². The Labute approximate surface area is 93.9 Å². The van der Waals surface area contributed by atoms with Crippen molar-refractivity contribution in [2.24, 2.45) is 0 Å². The summed E-state index contributed by atoms with van der Waals surface area (Å²) in [6.45, 7) is 2.01. The van der Waals surface area contributed by atoms with Crippen LogP contribution in [-0.2, 0) is 0 Å². The Balaban J connectivity index is 2.26. The van der Waals surface area contributed by atoms with Crippen LogP contribution in [0.2, 0.25) is 5.02 Å². The molecule has 2 rings (SSSR count). The highest BCUT2D eigenvalue weighted by molar-refractivity contribution is 6.30. The van der Waals surface area contributed by atoms with E-state index in [9.17, 15) is 0 Å². The van der Waals surface area contributed by atoms with Crippen LogP contribution in [0.4, 0.5) is 11.5 Å². The van der Waals surface area contributed by atoms with Gasteiger partial charge in [0.1, 0.15) is 5.82 Å². The monoisotopic (exact) mass is 218 g/mol. The fraction of sp³-hybridized carbons (Fsp3) is 0.0833. The molecular weight excluding hydrogens is 208 g/mol. The average molecular weight is 219 g/mol. The molecule has 2 aromatic rings. The number of anilines is 2. The van der Waals surface area contributed by atoms with Crippen molar-refractivity contribution in [2.75, 3.05) is 5.32 Å². The van der Waals surface area contributed by atoms with Gasteiger partial charge in [0.25, 0.3) is 0 Å². The zero-order chi connectivity index (χ0) is 10.7. The van der Waals surface area contributed by atoms with Crippen LogP contribution in [0.3, 0.4) is 0 Å². The molecule has 0 saturated carbocycles. The summed E-state index contributed by atoms with van der Waals surface area (Å²) < 4.78 is 0. The maximum Gasteiger partial charge on any atom is 0.133 e. The topological polar surface area (TPSA) is 24.9 Å². The van der Waals surface area contributed by atoms with E-state index in [0.717, 1.165) is 17.1 Å². The van der Waals surface area contributed by atoms with E-state index in [1.165, 1.54) is 0 Å². The fourth-order valence-electron chi connectivity index (χ4n) is 1.32. The zero-order valence-corrected chi connectivity index (χ0v) is 9.12. The molecule has 0 aliphatic rings. The van der Waals surface area contributed by atoms with E-state index >= 15 is 0 Å². The molecule has 15 heavy (non-hydrogen) atoms. The Morgan fingerprint density at radius 3 is 2.80 bits per heavy atom. The molecule has 76 valence electrons. The molecule has 0 amide bonds. The Bertz CT molecular complexity index is 469. The molecule has 1 N–H and O–H groups in total. The van der Waals surface area contributed by atoms with E-state index in [2.05, 4.69) is 10.3 Å². The fourth-order valence-corrected chi connectivity index (χ4v) is 1.51. The molecular formula is C12H11ClN2. The highest BCUT2D eigenvalue weighted by Gasteiger charge is 1.99. The number of hydrogen-bond donors (Lipinski definition) is 1. The lowest BCUT2D eigenvalue weighted by Crippen LogP contribution is -1.95. The molecule has 1 aromatic heterocycles. The van der Waals surface area contributed by atoms with Crippen molar-refractivity contribution in [3.05, 3.63) is 53.2 Å². The van der Waals surface area contributed by atoms with Crippen molar-refractivity contribution < 1.29 is 0 Å². The lowest BCUT2D eigenvalue weighted by Gasteiger charge is -2.07. The quantitative estimate of drug-likeness (QED) is 0.830. The number of benzene rings is 1. The minimum atomic E-state index is 0.716. The van der Waals surface area contributed by atoms with Gasteiger partial charge in [-0.15, -0.1) is 0 Å². The third-order valence-electron chi connectivity index (χ3n) is 2.10. The standard InChI is InChI=1S/C12H11ClN2/c1-9-4-3-7-14-12(9)15-11-6-2-5-10(13)8-11/h2-8H,1H3,(H,14,15). The van der Waals surface area contributed by atoms with Crippen molar-refractivity contribution in [3.8, 4) is 0 Å². The van der Waals surface area contributed by atoms with Gasteiger partial charge in [-0.05, 0) is 36.8 Å². The second-order valence-electron chi connectivity index (χ2n) is 3.30. The summed E-state index contributed by atoms with van der Waals surface area (Å²) in [4.78, 5) is 4.25. The average Bonchev–Trinajstić information content (AvgIpc) is 2.22. The van der Waals surface area contributed by atoms with Gasteiger partial charge in [0.05, 0.1) is 0 Å². The second kappa shape index (κ2) is 4.32. The summed E-state index contributed by atoms with van der Waals surface area (Å²) >= 11 is 5.89. The molecule has 0 atom stereocenters. The first kappa shape index (κ1) is 9.99. The van der Waals surface area contributed by atoms with E-state index in [-0.39, 0.29) is 0 Å². The predicted octanol–water partition coefficient (Wildman–Crippen LogP) is 3.79. The van der Waals surface area contributed by atoms with Crippen molar-refractivity contribution in [1.82, 2.24) is 4.98 Å². The van der Waals surface area contributed by atoms with Crippen molar-refractivity contribution in [2.45, 2.75) is 6.92 Å². The molecule has 1 heterocycles. The van der Waals surface area contributed by atoms with Crippen molar-refractivity contribution in [3.63, 3.8) is 0 Å². The molecule has 0 aliphatic carbocycles. The summed E-state index contributed by atoms with van der Waals surface area (Å²) in [6.07, 6.45) is 1.76. The van der Waals surface area contributed by atoms with E-state index in [0.29, 0.717) is 5.02 Å². The molecule has 0 spiro atoms. The van der Waals surface area contributed by atoms with Gasteiger partial charge in [0.15, 0.2) is 0 Å². The minimum Gasteiger partial charge on any atom is -0.340 e. The smallest absolute Gasteiger partial charge is 0.133 e. The third-order valence-corrected chi connectivity index (χ3v) is 2.33. The molecule has 0 unspecified atom stereocenters. The van der Waals surface area contributed by atoms with Gasteiger partial charge in [-0.1, -0.05) is 23.7 Å². The van der Waals surface area contributed by atoms with Gasteiger partial charge < -0.3 is 5.32 Å². The van der Waals surface area contributed by atoms with Gasteiger partial charge in [-0.2, -0.15) is 0 Å². The first-order valence-corrected chi connectivity index (χ1v) is 5.08.